The Bertz CT molecular complexity index is 586. The van der Waals surface area contributed by atoms with E-state index in [2.05, 4.69) is 42.0 Å². The Morgan fingerprint density at radius 3 is 3.06 bits per heavy atom. The highest BCUT2D eigenvalue weighted by Gasteiger charge is 2.21. The zero-order valence-corrected chi connectivity index (χ0v) is 11.1. The van der Waals surface area contributed by atoms with Crippen LogP contribution in [0.2, 0.25) is 0 Å². The number of nitrogens with one attached hydrogen (secondary N) is 1. The van der Waals surface area contributed by atoms with E-state index in [9.17, 15) is 0 Å². The number of aryl methyl sites for hydroxylation is 1. The summed E-state index contributed by atoms with van der Waals surface area (Å²) in [7, 11) is 0. The molecule has 3 rings (SSSR count). The second-order valence-electron chi connectivity index (χ2n) is 5.00. The van der Waals surface area contributed by atoms with Crippen LogP contribution in [0.25, 0.3) is 11.3 Å². The minimum Gasteiger partial charge on any atom is -0.487 e. The molecule has 18 heavy (non-hydrogen) atoms. The molecule has 2 aromatic rings. The van der Waals surface area contributed by atoms with Crippen molar-refractivity contribution in [3.63, 3.8) is 0 Å². The van der Waals surface area contributed by atoms with Gasteiger partial charge in [-0.3, -0.25) is 0 Å². The number of rotatable bonds is 2. The zero-order chi connectivity index (χ0) is 12.7. The maximum Gasteiger partial charge on any atom is 0.130 e. The quantitative estimate of drug-likeness (QED) is 0.870. The van der Waals surface area contributed by atoms with Gasteiger partial charge in [-0.25, -0.2) is 4.98 Å². The predicted octanol–water partition coefficient (Wildman–Crippen LogP) is 3.79. The Morgan fingerprint density at radius 1 is 1.44 bits per heavy atom. The molecule has 0 radical (unpaired) electrons. The van der Waals surface area contributed by atoms with Crippen molar-refractivity contribution in [2.45, 2.75) is 39.7 Å². The minimum absolute atomic E-state index is 0.571. The van der Waals surface area contributed by atoms with Gasteiger partial charge in [0.05, 0.1) is 11.4 Å². The fourth-order valence-corrected chi connectivity index (χ4v) is 2.41. The lowest BCUT2D eigenvalue weighted by molar-refractivity contribution is 0.297. The summed E-state index contributed by atoms with van der Waals surface area (Å²) in [5.41, 5.74) is 4.57. The van der Waals surface area contributed by atoms with Crippen LogP contribution in [-0.2, 0) is 6.61 Å². The first-order valence-corrected chi connectivity index (χ1v) is 6.51. The second-order valence-corrected chi connectivity index (χ2v) is 5.00. The van der Waals surface area contributed by atoms with Crippen molar-refractivity contribution in [2.24, 2.45) is 0 Å². The number of hydrogen-bond acceptors (Lipinski definition) is 2. The average molecular weight is 242 g/mol. The van der Waals surface area contributed by atoms with E-state index in [1.165, 1.54) is 5.56 Å². The number of aromatic amines is 1. The summed E-state index contributed by atoms with van der Waals surface area (Å²) in [5, 5.41) is 0. The number of benzene rings is 1. The molecule has 1 N–H and O–H groups in total. The van der Waals surface area contributed by atoms with Crippen LogP contribution in [0.4, 0.5) is 0 Å². The van der Waals surface area contributed by atoms with Crippen LogP contribution in [0.1, 0.15) is 43.3 Å². The van der Waals surface area contributed by atoms with Gasteiger partial charge in [-0.1, -0.05) is 19.9 Å². The number of nitrogens with zero attached hydrogens (tertiary/aromatic N) is 1. The molecule has 94 valence electrons. The number of aromatic nitrogens is 2. The molecule has 0 amide bonds. The third-order valence-electron chi connectivity index (χ3n) is 3.71. The molecular formula is C15H18N2O. The van der Waals surface area contributed by atoms with Gasteiger partial charge >= 0.3 is 0 Å². The number of imidazole rings is 1. The summed E-state index contributed by atoms with van der Waals surface area (Å²) in [6.45, 7) is 7.02. The average Bonchev–Trinajstić information content (AvgIpc) is 2.77. The fraction of sp³-hybridized carbons (Fsp3) is 0.400. The molecule has 1 aliphatic heterocycles. The van der Waals surface area contributed by atoms with Crippen molar-refractivity contribution in [3.8, 4) is 17.0 Å². The lowest BCUT2D eigenvalue weighted by Crippen LogP contribution is -2.06. The molecular weight excluding hydrogens is 224 g/mol. The summed E-state index contributed by atoms with van der Waals surface area (Å²) in [4.78, 5) is 7.80. The molecule has 1 aromatic carbocycles. The SMILES string of the molecule is CCC(C)c1ccc2c(c1)OCc1[nH]c(C)nc1-2. The summed E-state index contributed by atoms with van der Waals surface area (Å²) >= 11 is 0. The summed E-state index contributed by atoms with van der Waals surface area (Å²) < 4.78 is 5.83. The van der Waals surface area contributed by atoms with E-state index in [-0.39, 0.29) is 0 Å². The summed E-state index contributed by atoms with van der Waals surface area (Å²) in [6.07, 6.45) is 1.14. The molecule has 0 aliphatic carbocycles. The first-order valence-electron chi connectivity index (χ1n) is 6.51. The Labute approximate surface area is 107 Å². The van der Waals surface area contributed by atoms with Crippen LogP contribution in [0.15, 0.2) is 18.2 Å². The third kappa shape index (κ3) is 1.70. The molecule has 0 fully saturated rings. The van der Waals surface area contributed by atoms with Crippen molar-refractivity contribution in [3.05, 3.63) is 35.3 Å². The van der Waals surface area contributed by atoms with Gasteiger partial charge in [0.15, 0.2) is 0 Å². The highest BCUT2D eigenvalue weighted by Crippen LogP contribution is 2.38. The maximum absolute atomic E-state index is 5.83. The van der Waals surface area contributed by atoms with Crippen molar-refractivity contribution in [1.82, 2.24) is 9.97 Å². The Kier molecular flexibility index (Phi) is 2.62. The van der Waals surface area contributed by atoms with E-state index in [4.69, 9.17) is 4.74 Å². The Hall–Kier alpha value is -1.77. The van der Waals surface area contributed by atoms with Gasteiger partial charge < -0.3 is 9.72 Å². The van der Waals surface area contributed by atoms with E-state index in [0.717, 1.165) is 34.9 Å². The Balaban J connectivity index is 2.08. The molecule has 0 saturated heterocycles. The second kappa shape index (κ2) is 4.16. The van der Waals surface area contributed by atoms with Gasteiger partial charge in [0.2, 0.25) is 0 Å². The van der Waals surface area contributed by atoms with Gasteiger partial charge in [0.1, 0.15) is 18.2 Å². The van der Waals surface area contributed by atoms with Crippen LogP contribution in [0.5, 0.6) is 5.75 Å². The van der Waals surface area contributed by atoms with Crippen molar-refractivity contribution < 1.29 is 4.74 Å². The number of fused-ring (bicyclic) bond motifs is 3. The zero-order valence-electron chi connectivity index (χ0n) is 11.1. The van der Waals surface area contributed by atoms with Crippen LogP contribution in [-0.4, -0.2) is 9.97 Å². The topological polar surface area (TPSA) is 37.9 Å². The molecule has 1 atom stereocenters. The summed E-state index contributed by atoms with van der Waals surface area (Å²) in [5.74, 6) is 2.48. The number of hydrogen-bond donors (Lipinski definition) is 1. The standard InChI is InChI=1S/C15H18N2O/c1-4-9(2)11-5-6-12-14(7-11)18-8-13-15(12)17-10(3)16-13/h5-7,9H,4,8H2,1-3H3,(H,16,17). The predicted molar refractivity (Wildman–Crippen MR) is 71.8 cm³/mol. The number of H-pyrrole nitrogens is 1. The van der Waals surface area contributed by atoms with Gasteiger partial charge in [-0.2, -0.15) is 0 Å². The molecule has 0 saturated carbocycles. The normalized spacial score (nSPS) is 14.6. The van der Waals surface area contributed by atoms with Crippen LogP contribution >= 0.6 is 0 Å². The van der Waals surface area contributed by atoms with Crippen LogP contribution in [0.3, 0.4) is 0 Å². The lowest BCUT2D eigenvalue weighted by atomic mass is 9.95. The fourth-order valence-electron chi connectivity index (χ4n) is 2.41. The van der Waals surface area contributed by atoms with E-state index in [0.29, 0.717) is 12.5 Å². The highest BCUT2D eigenvalue weighted by atomic mass is 16.5. The molecule has 0 bridgehead atoms. The molecule has 1 aliphatic rings. The molecule has 3 nitrogen and oxygen atoms in total. The first kappa shape index (κ1) is 11.3. The van der Waals surface area contributed by atoms with Crippen molar-refractivity contribution >= 4 is 0 Å². The van der Waals surface area contributed by atoms with E-state index < -0.39 is 0 Å². The lowest BCUT2D eigenvalue weighted by Gasteiger charge is -2.19. The van der Waals surface area contributed by atoms with Gasteiger partial charge in [-0.05, 0) is 37.0 Å². The molecule has 0 spiro atoms. The molecule has 3 heteroatoms. The van der Waals surface area contributed by atoms with E-state index in [1.807, 2.05) is 6.92 Å². The monoisotopic (exact) mass is 242 g/mol. The summed E-state index contributed by atoms with van der Waals surface area (Å²) in [6, 6.07) is 6.49. The first-order chi connectivity index (χ1) is 8.69. The van der Waals surface area contributed by atoms with Crippen molar-refractivity contribution in [1.29, 1.82) is 0 Å². The smallest absolute Gasteiger partial charge is 0.130 e. The largest absolute Gasteiger partial charge is 0.487 e. The molecule has 1 aromatic heterocycles. The van der Waals surface area contributed by atoms with Gasteiger partial charge in [-0.15, -0.1) is 0 Å². The van der Waals surface area contributed by atoms with Gasteiger partial charge in [0.25, 0.3) is 0 Å². The molecule has 1 unspecified atom stereocenters. The van der Waals surface area contributed by atoms with Gasteiger partial charge in [0, 0.05) is 5.56 Å². The highest BCUT2D eigenvalue weighted by molar-refractivity contribution is 5.71. The Morgan fingerprint density at radius 2 is 2.28 bits per heavy atom. The maximum atomic E-state index is 5.83. The third-order valence-corrected chi connectivity index (χ3v) is 3.71. The van der Waals surface area contributed by atoms with Crippen LogP contribution in [0, 0.1) is 6.92 Å². The molecule has 2 heterocycles. The van der Waals surface area contributed by atoms with E-state index in [1.54, 1.807) is 0 Å². The van der Waals surface area contributed by atoms with Crippen LogP contribution < -0.4 is 4.74 Å². The number of ether oxygens (including phenoxy) is 1. The van der Waals surface area contributed by atoms with Crippen molar-refractivity contribution in [2.75, 3.05) is 0 Å². The minimum atomic E-state index is 0.571. The van der Waals surface area contributed by atoms with E-state index >= 15 is 0 Å².